The first-order valence-electron chi connectivity index (χ1n) is 10.7. The van der Waals surface area contributed by atoms with Crippen LogP contribution in [-0.2, 0) is 12.7 Å². The summed E-state index contributed by atoms with van der Waals surface area (Å²) in [6.45, 7) is 0.282. The molecule has 0 aliphatic carbocycles. The van der Waals surface area contributed by atoms with E-state index in [1.54, 1.807) is 42.3 Å². The Kier molecular flexibility index (Phi) is 4.80. The highest BCUT2D eigenvalue weighted by Crippen LogP contribution is 2.35. The van der Waals surface area contributed by atoms with E-state index in [1.807, 2.05) is 0 Å². The number of imidazole rings is 1. The van der Waals surface area contributed by atoms with Crippen molar-refractivity contribution in [2.75, 3.05) is 13.7 Å². The summed E-state index contributed by atoms with van der Waals surface area (Å²) in [7, 11) is 1.55. The first-order valence-corrected chi connectivity index (χ1v) is 10.7. The summed E-state index contributed by atoms with van der Waals surface area (Å²) in [5, 5.41) is 15.5. The predicted octanol–water partition coefficient (Wildman–Crippen LogP) is 2.58. The largest absolute Gasteiger partial charge is 0.504 e. The predicted molar refractivity (Wildman–Crippen MR) is 114 cm³/mol. The van der Waals surface area contributed by atoms with Crippen LogP contribution in [0.2, 0.25) is 0 Å². The molecule has 12 nitrogen and oxygen atoms in total. The Bertz CT molecular complexity index is 1580. The Morgan fingerprint density at radius 2 is 2.08 bits per heavy atom. The zero-order valence-electron chi connectivity index (χ0n) is 18.5. The van der Waals surface area contributed by atoms with E-state index in [0.717, 1.165) is 18.0 Å². The molecule has 36 heavy (non-hydrogen) atoms. The Hall–Kier alpha value is -4.69. The first kappa shape index (κ1) is 21.8. The summed E-state index contributed by atoms with van der Waals surface area (Å²) >= 11 is 0. The smallest absolute Gasteiger partial charge is 0.494 e. The summed E-state index contributed by atoms with van der Waals surface area (Å²) in [6.07, 6.45) is -0.185. The third-order valence-electron chi connectivity index (χ3n) is 5.84. The molecule has 0 spiro atoms. The number of carbonyl (C=O) groups is 1. The molecule has 1 amide bonds. The van der Waals surface area contributed by atoms with E-state index in [-0.39, 0.29) is 22.8 Å². The number of nitrogens with one attached hydrogen (secondary N) is 1. The Morgan fingerprint density at radius 3 is 2.86 bits per heavy atom. The highest BCUT2D eigenvalue weighted by molar-refractivity contribution is 5.90. The van der Waals surface area contributed by atoms with E-state index in [0.29, 0.717) is 29.1 Å². The van der Waals surface area contributed by atoms with Crippen molar-refractivity contribution in [3.63, 3.8) is 0 Å². The maximum absolute atomic E-state index is 13.5. The molecule has 0 radical (unpaired) electrons. The number of nitrogens with zero attached hydrogens (tertiary/aromatic N) is 8. The van der Waals surface area contributed by atoms with Gasteiger partial charge in [-0.1, -0.05) is 0 Å². The van der Waals surface area contributed by atoms with Gasteiger partial charge >= 0.3 is 18.1 Å². The summed E-state index contributed by atoms with van der Waals surface area (Å²) in [5.74, 6) is -0.719. The van der Waals surface area contributed by atoms with Gasteiger partial charge in [-0.2, -0.15) is 14.9 Å². The van der Waals surface area contributed by atoms with Gasteiger partial charge in [-0.15, -0.1) is 23.4 Å². The fraction of sp³-hybridized carbons (Fsp3) is 0.238. The number of fused-ring (bicyclic) bond motifs is 2. The number of ether oxygens (including phenoxy) is 1. The molecule has 6 heterocycles. The number of hydrogen-bond donors (Lipinski definition) is 1. The number of halogens is 3. The number of pyridine rings is 1. The quantitative estimate of drug-likeness (QED) is 0.399. The van der Waals surface area contributed by atoms with Gasteiger partial charge in [-0.25, -0.2) is 9.50 Å². The van der Waals surface area contributed by atoms with Gasteiger partial charge in [0.15, 0.2) is 0 Å². The summed E-state index contributed by atoms with van der Waals surface area (Å²) < 4.78 is 50.9. The van der Waals surface area contributed by atoms with Crippen LogP contribution >= 0.6 is 0 Å². The molecule has 1 atom stereocenters. The van der Waals surface area contributed by atoms with E-state index in [4.69, 9.17) is 9.15 Å². The minimum Gasteiger partial charge on any atom is -0.494 e. The van der Waals surface area contributed by atoms with Gasteiger partial charge in [0.25, 0.3) is 5.89 Å². The average Bonchev–Trinajstić information content (AvgIpc) is 3.66. The summed E-state index contributed by atoms with van der Waals surface area (Å²) in [6, 6.07) is 5.77. The molecule has 1 aliphatic heterocycles. The van der Waals surface area contributed by atoms with Crippen LogP contribution in [0.3, 0.4) is 0 Å². The fourth-order valence-electron chi connectivity index (χ4n) is 4.22. The molecule has 0 aromatic carbocycles. The second-order valence-electron chi connectivity index (χ2n) is 7.92. The fourth-order valence-corrected chi connectivity index (χ4v) is 4.22. The van der Waals surface area contributed by atoms with E-state index >= 15 is 0 Å². The molecule has 1 unspecified atom stereocenters. The highest BCUT2D eigenvalue weighted by Gasteiger charge is 2.38. The van der Waals surface area contributed by atoms with E-state index in [9.17, 15) is 18.0 Å². The Balaban J connectivity index is 1.37. The molecular formula is C21H16F3N9O3. The van der Waals surface area contributed by atoms with Crippen LogP contribution in [0, 0.1) is 0 Å². The Morgan fingerprint density at radius 1 is 1.22 bits per heavy atom. The van der Waals surface area contributed by atoms with Gasteiger partial charge in [0.1, 0.15) is 23.0 Å². The number of H-pyrrole nitrogens is 1. The molecule has 5 aromatic heterocycles. The second-order valence-corrected chi connectivity index (χ2v) is 7.92. The highest BCUT2D eigenvalue weighted by atomic mass is 19.4. The van der Waals surface area contributed by atoms with Crippen molar-refractivity contribution in [3.05, 3.63) is 66.0 Å². The van der Waals surface area contributed by atoms with Gasteiger partial charge < -0.3 is 19.0 Å². The molecule has 0 bridgehead atoms. The monoisotopic (exact) mass is 499 g/mol. The molecule has 15 heteroatoms. The van der Waals surface area contributed by atoms with Crippen molar-refractivity contribution < 1.29 is 27.1 Å². The normalized spacial score (nSPS) is 15.9. The summed E-state index contributed by atoms with van der Waals surface area (Å²) in [4.78, 5) is 22.5. The number of methoxy groups -OCH3 is 1. The topological polar surface area (TPSA) is 132 Å². The van der Waals surface area contributed by atoms with Crippen LogP contribution in [-0.4, -0.2) is 64.0 Å². The lowest BCUT2D eigenvalue weighted by atomic mass is 9.99. The van der Waals surface area contributed by atoms with E-state index in [2.05, 4.69) is 30.4 Å². The van der Waals surface area contributed by atoms with Crippen LogP contribution in [0.15, 0.2) is 47.4 Å². The first-order chi connectivity index (χ1) is 17.3. The van der Waals surface area contributed by atoms with Gasteiger partial charge in [-0.3, -0.25) is 4.79 Å². The van der Waals surface area contributed by atoms with Crippen molar-refractivity contribution in [2.24, 2.45) is 0 Å². The molecular weight excluding hydrogens is 483 g/mol. The molecule has 0 saturated heterocycles. The lowest BCUT2D eigenvalue weighted by Gasteiger charge is -2.32. The van der Waals surface area contributed by atoms with Crippen LogP contribution in [0.1, 0.15) is 33.8 Å². The minimum atomic E-state index is -4.70. The molecule has 1 aliphatic rings. The SMILES string of the molecule is COc1cccn2nc(C3c4nc[nH]c4CCN3C(=O)c3nnc(-c4ccn(C(F)(F)F)n4)o3)cc12. The van der Waals surface area contributed by atoms with Crippen molar-refractivity contribution in [2.45, 2.75) is 18.8 Å². The minimum absolute atomic E-state index is 0.189. The summed E-state index contributed by atoms with van der Waals surface area (Å²) in [5.41, 5.74) is 2.49. The molecule has 5 aromatic rings. The molecule has 1 N–H and O–H groups in total. The third kappa shape index (κ3) is 3.47. The van der Waals surface area contributed by atoms with Gasteiger partial charge in [-0.05, 0) is 24.3 Å². The third-order valence-corrected chi connectivity index (χ3v) is 5.84. The van der Waals surface area contributed by atoms with Crippen molar-refractivity contribution in [1.82, 2.24) is 44.5 Å². The van der Waals surface area contributed by atoms with Crippen LogP contribution in [0.25, 0.3) is 17.1 Å². The van der Waals surface area contributed by atoms with Gasteiger partial charge in [0, 0.05) is 31.1 Å². The second kappa shape index (κ2) is 7.93. The number of hydrogen-bond acceptors (Lipinski definition) is 8. The van der Waals surface area contributed by atoms with Crippen molar-refractivity contribution in [3.8, 4) is 17.3 Å². The number of amides is 1. The van der Waals surface area contributed by atoms with E-state index < -0.39 is 24.1 Å². The molecule has 184 valence electrons. The number of carbonyl (C=O) groups excluding carboxylic acids is 1. The number of aromatic amines is 1. The number of rotatable bonds is 4. The molecule has 6 rings (SSSR count). The maximum Gasteiger partial charge on any atom is 0.504 e. The van der Waals surface area contributed by atoms with Crippen LogP contribution in [0.4, 0.5) is 13.2 Å². The van der Waals surface area contributed by atoms with Crippen molar-refractivity contribution in [1.29, 1.82) is 0 Å². The lowest BCUT2D eigenvalue weighted by molar-refractivity contribution is -0.212. The Labute approximate surface area is 199 Å². The molecule has 0 fully saturated rings. The average molecular weight is 499 g/mol. The maximum atomic E-state index is 13.5. The lowest BCUT2D eigenvalue weighted by Crippen LogP contribution is -2.41. The van der Waals surface area contributed by atoms with E-state index in [1.165, 1.54) is 4.90 Å². The number of aromatic nitrogens is 8. The zero-order chi connectivity index (χ0) is 25.0. The van der Waals surface area contributed by atoms with Crippen LogP contribution < -0.4 is 4.74 Å². The number of alkyl halides is 3. The van der Waals surface area contributed by atoms with Crippen LogP contribution in [0.5, 0.6) is 5.75 Å². The van der Waals surface area contributed by atoms with Gasteiger partial charge in [0.05, 0.1) is 24.8 Å². The zero-order valence-corrected chi connectivity index (χ0v) is 18.5. The standard InChI is InChI=1S/C21H16F3N9O3/c1-35-15-3-2-6-32-14(15)9-13(29-32)17-16-11(25-10-26-16)4-7-31(17)20(34)19-28-27-18(36-19)12-5-8-33(30-12)21(22,23)24/h2-3,5-6,8-10,17H,4,7H2,1H3,(H,25,26). The molecule has 0 saturated carbocycles. The van der Waals surface area contributed by atoms with Crippen molar-refractivity contribution >= 4 is 11.4 Å². The van der Waals surface area contributed by atoms with Gasteiger partial charge in [0.2, 0.25) is 0 Å².